The van der Waals surface area contributed by atoms with Gasteiger partial charge >= 0.3 is 6.18 Å². The molecule has 33 heavy (non-hydrogen) atoms. The van der Waals surface area contributed by atoms with Crippen molar-refractivity contribution in [3.05, 3.63) is 85.8 Å². The van der Waals surface area contributed by atoms with Gasteiger partial charge in [-0.3, -0.25) is 10.1 Å². The van der Waals surface area contributed by atoms with E-state index in [0.29, 0.717) is 16.1 Å². The average molecular weight is 494 g/mol. The third-order valence-electron chi connectivity index (χ3n) is 4.39. The molecule has 0 aliphatic rings. The molecule has 0 saturated heterocycles. The number of nitrogens with one attached hydrogen (secondary N) is 1. The first-order valence-corrected chi connectivity index (χ1v) is 9.82. The van der Waals surface area contributed by atoms with Crippen molar-refractivity contribution in [1.29, 1.82) is 0 Å². The molecule has 9 nitrogen and oxygen atoms in total. The van der Waals surface area contributed by atoms with E-state index in [1.165, 1.54) is 42.6 Å². The van der Waals surface area contributed by atoms with Crippen molar-refractivity contribution in [2.75, 3.05) is 0 Å². The Balaban J connectivity index is 1.80. The highest BCUT2D eigenvalue weighted by atomic mass is 35.5. The fourth-order valence-corrected chi connectivity index (χ4v) is 3.13. The third-order valence-corrected chi connectivity index (χ3v) is 4.90. The topological polar surface area (TPSA) is 107 Å². The summed E-state index contributed by atoms with van der Waals surface area (Å²) in [5, 5.41) is 25.5. The fourth-order valence-electron chi connectivity index (χ4n) is 2.83. The van der Waals surface area contributed by atoms with Gasteiger partial charge in [-0.1, -0.05) is 23.7 Å². The van der Waals surface area contributed by atoms with Gasteiger partial charge in [0.2, 0.25) is 4.77 Å². The Morgan fingerprint density at radius 2 is 1.82 bits per heavy atom. The number of halogens is 4. The van der Waals surface area contributed by atoms with Crippen molar-refractivity contribution in [3.8, 4) is 17.2 Å². The molecule has 0 amide bonds. The molecule has 0 fully saturated rings. The zero-order valence-electron chi connectivity index (χ0n) is 16.2. The van der Waals surface area contributed by atoms with E-state index in [-0.39, 0.29) is 22.1 Å². The minimum Gasteiger partial charge on any atom is -0.258 e. The van der Waals surface area contributed by atoms with Crippen LogP contribution in [0.2, 0.25) is 5.02 Å². The second kappa shape index (κ2) is 8.60. The van der Waals surface area contributed by atoms with Crippen molar-refractivity contribution in [1.82, 2.24) is 24.7 Å². The summed E-state index contributed by atoms with van der Waals surface area (Å²) in [5.74, 6) is -0.126. The van der Waals surface area contributed by atoms with Gasteiger partial charge in [0, 0.05) is 22.7 Å². The van der Waals surface area contributed by atoms with Gasteiger partial charge in [0.1, 0.15) is 0 Å². The first-order valence-electron chi connectivity index (χ1n) is 9.03. The predicted molar refractivity (Wildman–Crippen MR) is 116 cm³/mol. The molecule has 0 unspecified atom stereocenters. The molecule has 0 atom stereocenters. The minimum absolute atomic E-state index is 0.00530. The van der Waals surface area contributed by atoms with Crippen molar-refractivity contribution < 1.29 is 18.1 Å². The van der Waals surface area contributed by atoms with Crippen LogP contribution in [0, 0.1) is 14.9 Å². The number of hydrogen-bond acceptors (Lipinski definition) is 6. The van der Waals surface area contributed by atoms with Gasteiger partial charge in [0.15, 0.2) is 5.69 Å². The Morgan fingerprint density at radius 1 is 1.15 bits per heavy atom. The van der Waals surface area contributed by atoms with Crippen molar-refractivity contribution >= 4 is 35.7 Å². The summed E-state index contributed by atoms with van der Waals surface area (Å²) in [6, 6.07) is 12.5. The van der Waals surface area contributed by atoms with Gasteiger partial charge in [0.05, 0.1) is 16.8 Å². The number of nitro groups is 1. The predicted octanol–water partition coefficient (Wildman–Crippen LogP) is 5.26. The molecule has 2 heterocycles. The Bertz CT molecular complexity index is 1410. The smallest absolute Gasteiger partial charge is 0.258 e. The summed E-state index contributed by atoms with van der Waals surface area (Å²) in [4.78, 5) is 10.2. The van der Waals surface area contributed by atoms with E-state index < -0.39 is 16.8 Å². The summed E-state index contributed by atoms with van der Waals surface area (Å²) >= 11 is 11.1. The Labute approximate surface area is 192 Å². The number of non-ortho nitro benzene ring substituents is 1. The highest BCUT2D eigenvalue weighted by Crippen LogP contribution is 2.33. The molecule has 0 radical (unpaired) electrons. The van der Waals surface area contributed by atoms with Gasteiger partial charge in [-0.05, 0) is 48.1 Å². The van der Waals surface area contributed by atoms with Crippen LogP contribution in [-0.2, 0) is 6.18 Å². The molecule has 4 rings (SSSR count). The number of benzene rings is 2. The molecule has 0 spiro atoms. The number of aromatic amines is 1. The zero-order chi connectivity index (χ0) is 23.8. The number of hydrogen-bond donors (Lipinski definition) is 1. The van der Waals surface area contributed by atoms with E-state index in [9.17, 15) is 23.3 Å². The monoisotopic (exact) mass is 493 g/mol. The normalized spacial score (nSPS) is 11.9. The number of nitro benzene ring substituents is 1. The molecule has 0 aliphatic heterocycles. The standard InChI is InChI=1S/C19H11ClF3N7O2S/c20-13-5-3-12(4-6-13)15-9-16(19(21,22)23)27-28(15)17-25-26-18(33)29(17)24-10-11-1-7-14(8-2-11)30(31)32/h1-10H,(H,26,33). The highest BCUT2D eigenvalue weighted by molar-refractivity contribution is 7.71. The van der Waals surface area contributed by atoms with Gasteiger partial charge in [-0.15, -0.1) is 5.10 Å². The Morgan fingerprint density at radius 3 is 2.42 bits per heavy atom. The van der Waals surface area contributed by atoms with Crippen molar-refractivity contribution in [3.63, 3.8) is 0 Å². The van der Waals surface area contributed by atoms with E-state index in [0.717, 1.165) is 15.4 Å². The van der Waals surface area contributed by atoms with Crippen LogP contribution in [0.1, 0.15) is 11.3 Å². The lowest BCUT2D eigenvalue weighted by atomic mass is 10.1. The lowest BCUT2D eigenvalue weighted by Gasteiger charge is -2.06. The zero-order valence-corrected chi connectivity index (χ0v) is 17.8. The van der Waals surface area contributed by atoms with Crippen LogP contribution in [0.25, 0.3) is 17.2 Å². The summed E-state index contributed by atoms with van der Waals surface area (Å²) in [6.07, 6.45) is -3.37. The van der Waals surface area contributed by atoms with E-state index in [1.54, 1.807) is 12.1 Å². The second-order valence-electron chi connectivity index (χ2n) is 6.57. The maximum Gasteiger partial charge on any atom is 0.435 e. The van der Waals surface area contributed by atoms with E-state index in [1.807, 2.05) is 0 Å². The molecule has 0 saturated carbocycles. The molecule has 1 N–H and O–H groups in total. The molecule has 0 aliphatic carbocycles. The summed E-state index contributed by atoms with van der Waals surface area (Å²) in [7, 11) is 0. The van der Waals surface area contributed by atoms with Crippen LogP contribution >= 0.6 is 23.8 Å². The quantitative estimate of drug-likeness (QED) is 0.177. The molecule has 14 heteroatoms. The van der Waals surface area contributed by atoms with Crippen LogP contribution in [0.5, 0.6) is 0 Å². The summed E-state index contributed by atoms with van der Waals surface area (Å²) in [6.45, 7) is 0. The first-order chi connectivity index (χ1) is 15.6. The number of rotatable bonds is 5. The molecular formula is C19H11ClF3N7O2S. The van der Waals surface area contributed by atoms with Crippen LogP contribution in [0.3, 0.4) is 0 Å². The Hall–Kier alpha value is -3.84. The van der Waals surface area contributed by atoms with E-state index >= 15 is 0 Å². The van der Waals surface area contributed by atoms with Crippen molar-refractivity contribution in [2.24, 2.45) is 5.10 Å². The van der Waals surface area contributed by atoms with Crippen LogP contribution in [-0.4, -0.2) is 35.8 Å². The lowest BCUT2D eigenvalue weighted by molar-refractivity contribution is -0.384. The number of nitrogens with zero attached hydrogens (tertiary/aromatic N) is 6. The van der Waals surface area contributed by atoms with Crippen LogP contribution in [0.15, 0.2) is 59.7 Å². The first kappa shape index (κ1) is 22.4. The van der Waals surface area contributed by atoms with Crippen LogP contribution < -0.4 is 0 Å². The Kier molecular flexibility index (Phi) is 5.82. The highest BCUT2D eigenvalue weighted by Gasteiger charge is 2.36. The maximum absolute atomic E-state index is 13.4. The van der Waals surface area contributed by atoms with Crippen LogP contribution in [0.4, 0.5) is 18.9 Å². The molecule has 0 bridgehead atoms. The van der Waals surface area contributed by atoms with Gasteiger partial charge in [0.25, 0.3) is 11.6 Å². The largest absolute Gasteiger partial charge is 0.435 e. The number of aromatic nitrogens is 5. The number of H-pyrrole nitrogens is 1. The van der Waals surface area contributed by atoms with Crippen molar-refractivity contribution in [2.45, 2.75) is 6.18 Å². The molecular weight excluding hydrogens is 483 g/mol. The minimum atomic E-state index is -4.70. The SMILES string of the molecule is O=[N+]([O-])c1ccc(C=Nn2c(-n3nc(C(F)(F)F)cc3-c3ccc(Cl)cc3)n[nH]c2=S)cc1. The van der Waals surface area contributed by atoms with Gasteiger partial charge in [-0.2, -0.15) is 32.7 Å². The van der Waals surface area contributed by atoms with Gasteiger partial charge < -0.3 is 0 Å². The van der Waals surface area contributed by atoms with E-state index in [4.69, 9.17) is 23.8 Å². The number of alkyl halides is 3. The fraction of sp³-hybridized carbons (Fsp3) is 0.0526. The summed E-state index contributed by atoms with van der Waals surface area (Å²) in [5.41, 5.74) is -0.255. The lowest BCUT2D eigenvalue weighted by Crippen LogP contribution is -2.10. The van der Waals surface area contributed by atoms with Gasteiger partial charge in [-0.25, -0.2) is 5.10 Å². The summed E-state index contributed by atoms with van der Waals surface area (Å²) < 4.78 is 42.3. The second-order valence-corrected chi connectivity index (χ2v) is 7.39. The molecule has 2 aromatic carbocycles. The third kappa shape index (κ3) is 4.68. The maximum atomic E-state index is 13.4. The molecule has 168 valence electrons. The average Bonchev–Trinajstić information content (AvgIpc) is 3.37. The molecule has 4 aromatic rings. The molecule has 2 aromatic heterocycles. The van der Waals surface area contributed by atoms with E-state index in [2.05, 4.69) is 20.4 Å².